The normalized spacial score (nSPS) is 11.1. The molecule has 2 heterocycles. The summed E-state index contributed by atoms with van der Waals surface area (Å²) in [5.41, 5.74) is 1.73. The lowest BCUT2D eigenvalue weighted by molar-refractivity contribution is -0.136. The van der Waals surface area contributed by atoms with Crippen LogP contribution < -0.4 is 9.47 Å². The van der Waals surface area contributed by atoms with E-state index >= 15 is 0 Å². The molecule has 0 aliphatic carbocycles. The summed E-state index contributed by atoms with van der Waals surface area (Å²) < 4.78 is 10.1. The summed E-state index contributed by atoms with van der Waals surface area (Å²) in [6.45, 7) is 0.766. The van der Waals surface area contributed by atoms with Crippen LogP contribution in [0.1, 0.15) is 11.3 Å². The summed E-state index contributed by atoms with van der Waals surface area (Å²) >= 11 is 0. The fourth-order valence-electron chi connectivity index (χ4n) is 1.78. The predicted molar refractivity (Wildman–Crippen MR) is 72.9 cm³/mol. The summed E-state index contributed by atoms with van der Waals surface area (Å²) in [6.07, 6.45) is 1.44. The third-order valence-corrected chi connectivity index (χ3v) is 2.69. The van der Waals surface area contributed by atoms with Gasteiger partial charge in [-0.15, -0.1) is 0 Å². The SMILES string of the molecule is COc1cccnc1CC(=O)O.c1cc2cc(c1)OC2. The van der Waals surface area contributed by atoms with Crippen LogP contribution >= 0.6 is 0 Å². The summed E-state index contributed by atoms with van der Waals surface area (Å²) in [5.74, 6) is 0.606. The Labute approximate surface area is 116 Å². The Bertz CT molecular complexity index is 579. The third kappa shape index (κ3) is 3.71. The lowest BCUT2D eigenvalue weighted by Crippen LogP contribution is -2.04. The van der Waals surface area contributed by atoms with Gasteiger partial charge in [0.1, 0.15) is 18.1 Å². The first-order valence-corrected chi connectivity index (χ1v) is 6.10. The van der Waals surface area contributed by atoms with Crippen molar-refractivity contribution in [2.75, 3.05) is 7.11 Å². The molecule has 1 aromatic heterocycles. The molecule has 5 nitrogen and oxygen atoms in total. The molecule has 1 aliphatic rings. The second-order valence-electron chi connectivity index (χ2n) is 4.16. The molecule has 20 heavy (non-hydrogen) atoms. The van der Waals surface area contributed by atoms with Crippen LogP contribution in [0.4, 0.5) is 0 Å². The number of benzene rings is 1. The average Bonchev–Trinajstić information content (AvgIpc) is 2.78. The molecule has 0 unspecified atom stereocenters. The first-order chi connectivity index (χ1) is 9.69. The van der Waals surface area contributed by atoms with Gasteiger partial charge in [-0.3, -0.25) is 9.78 Å². The molecular formula is C15H15NO4. The average molecular weight is 273 g/mol. The highest BCUT2D eigenvalue weighted by Crippen LogP contribution is 2.20. The number of nitrogens with zero attached hydrogens (tertiary/aromatic N) is 1. The first-order valence-electron chi connectivity index (χ1n) is 6.10. The zero-order valence-electron chi connectivity index (χ0n) is 11.1. The van der Waals surface area contributed by atoms with Crippen LogP contribution in [0.25, 0.3) is 0 Å². The third-order valence-electron chi connectivity index (χ3n) is 2.69. The van der Waals surface area contributed by atoms with E-state index in [1.807, 2.05) is 12.1 Å². The van der Waals surface area contributed by atoms with Crippen molar-refractivity contribution in [2.24, 2.45) is 0 Å². The summed E-state index contributed by atoms with van der Waals surface area (Å²) in [6, 6.07) is 11.5. The number of carbonyl (C=O) groups is 1. The van der Waals surface area contributed by atoms with Gasteiger partial charge in [0, 0.05) is 6.20 Å². The minimum atomic E-state index is -0.910. The molecule has 0 radical (unpaired) electrons. The Hall–Kier alpha value is -2.56. The molecule has 1 aliphatic heterocycles. The molecule has 1 N–H and O–H groups in total. The predicted octanol–water partition coefficient (Wildman–Crippen LogP) is 2.30. The molecule has 0 saturated heterocycles. The molecular weight excluding hydrogens is 258 g/mol. The number of hydrogen-bond acceptors (Lipinski definition) is 4. The van der Waals surface area contributed by atoms with E-state index in [2.05, 4.69) is 17.1 Å². The molecule has 0 atom stereocenters. The van der Waals surface area contributed by atoms with Crippen LogP contribution in [0.2, 0.25) is 0 Å². The van der Waals surface area contributed by atoms with E-state index in [9.17, 15) is 4.79 Å². The van der Waals surface area contributed by atoms with Gasteiger partial charge >= 0.3 is 5.97 Å². The molecule has 104 valence electrons. The molecule has 0 amide bonds. The van der Waals surface area contributed by atoms with Gasteiger partial charge in [0.25, 0.3) is 0 Å². The number of ether oxygens (including phenoxy) is 2. The Morgan fingerprint density at radius 2 is 2.25 bits per heavy atom. The summed E-state index contributed by atoms with van der Waals surface area (Å²) in [7, 11) is 1.49. The minimum absolute atomic E-state index is 0.107. The van der Waals surface area contributed by atoms with Gasteiger partial charge in [-0.1, -0.05) is 12.1 Å². The topological polar surface area (TPSA) is 68.7 Å². The van der Waals surface area contributed by atoms with Crippen LogP contribution in [0, 0.1) is 0 Å². The standard InChI is InChI=1S/C8H9NO3.C7H6O/c1-12-7-3-2-4-9-6(7)5-8(10)11;1-2-6-4-7(3-1)8-5-6/h2-4H,5H2,1H3,(H,10,11);1-4H,5H2. The Balaban J connectivity index is 0.000000157. The fourth-order valence-corrected chi connectivity index (χ4v) is 1.78. The van der Waals surface area contributed by atoms with Crippen LogP contribution in [0.15, 0.2) is 42.6 Å². The van der Waals surface area contributed by atoms with Crippen molar-refractivity contribution in [3.63, 3.8) is 0 Å². The lowest BCUT2D eigenvalue weighted by Gasteiger charge is -2.03. The maximum absolute atomic E-state index is 10.3. The van der Waals surface area contributed by atoms with E-state index in [1.165, 1.54) is 12.7 Å². The molecule has 1 aromatic carbocycles. The molecule has 2 bridgehead atoms. The van der Waals surface area contributed by atoms with Gasteiger partial charge in [-0.05, 0) is 29.8 Å². The van der Waals surface area contributed by atoms with Crippen LogP contribution in [0.3, 0.4) is 0 Å². The van der Waals surface area contributed by atoms with E-state index in [0.717, 1.165) is 12.4 Å². The highest BCUT2D eigenvalue weighted by Gasteiger charge is 2.07. The van der Waals surface area contributed by atoms with Crippen molar-refractivity contribution >= 4 is 5.97 Å². The van der Waals surface area contributed by atoms with Crippen LogP contribution in [-0.4, -0.2) is 23.2 Å². The Kier molecular flexibility index (Phi) is 4.55. The van der Waals surface area contributed by atoms with Crippen molar-refractivity contribution < 1.29 is 19.4 Å². The number of aliphatic carboxylic acids is 1. The van der Waals surface area contributed by atoms with Gasteiger partial charge in [0.15, 0.2) is 0 Å². The van der Waals surface area contributed by atoms with Gasteiger partial charge in [0.05, 0.1) is 19.2 Å². The van der Waals surface area contributed by atoms with E-state index < -0.39 is 5.97 Å². The number of rotatable bonds is 3. The second kappa shape index (κ2) is 6.56. The monoisotopic (exact) mass is 273 g/mol. The number of carboxylic acids is 1. The van der Waals surface area contributed by atoms with E-state index in [4.69, 9.17) is 14.6 Å². The van der Waals surface area contributed by atoms with E-state index in [1.54, 1.807) is 18.3 Å². The highest BCUT2D eigenvalue weighted by molar-refractivity contribution is 5.70. The largest absolute Gasteiger partial charge is 0.495 e. The molecule has 3 rings (SSSR count). The van der Waals surface area contributed by atoms with Crippen molar-refractivity contribution in [3.05, 3.63) is 53.9 Å². The molecule has 0 spiro atoms. The van der Waals surface area contributed by atoms with Crippen molar-refractivity contribution in [1.82, 2.24) is 4.98 Å². The van der Waals surface area contributed by atoms with E-state index in [0.29, 0.717) is 11.4 Å². The fraction of sp³-hybridized carbons (Fsp3) is 0.200. The number of methoxy groups -OCH3 is 1. The number of hydrogen-bond donors (Lipinski definition) is 1. The quantitative estimate of drug-likeness (QED) is 0.929. The maximum Gasteiger partial charge on any atom is 0.309 e. The van der Waals surface area contributed by atoms with Crippen molar-refractivity contribution in [1.29, 1.82) is 0 Å². The zero-order valence-corrected chi connectivity index (χ0v) is 11.1. The second-order valence-corrected chi connectivity index (χ2v) is 4.16. The Morgan fingerprint density at radius 1 is 1.40 bits per heavy atom. The number of aromatic nitrogens is 1. The summed E-state index contributed by atoms with van der Waals surface area (Å²) in [5, 5.41) is 8.49. The maximum atomic E-state index is 10.3. The molecule has 0 fully saturated rings. The molecule has 0 saturated carbocycles. The zero-order chi connectivity index (χ0) is 14.4. The van der Waals surface area contributed by atoms with E-state index in [-0.39, 0.29) is 6.42 Å². The number of carboxylic acid groups (broad SMARTS) is 1. The summed E-state index contributed by atoms with van der Waals surface area (Å²) in [4.78, 5) is 14.2. The molecule has 2 aromatic rings. The van der Waals surface area contributed by atoms with Gasteiger partial charge < -0.3 is 14.6 Å². The van der Waals surface area contributed by atoms with Crippen molar-refractivity contribution in [3.8, 4) is 11.5 Å². The van der Waals surface area contributed by atoms with Gasteiger partial charge in [-0.25, -0.2) is 0 Å². The smallest absolute Gasteiger partial charge is 0.309 e. The van der Waals surface area contributed by atoms with Crippen molar-refractivity contribution in [2.45, 2.75) is 13.0 Å². The lowest BCUT2D eigenvalue weighted by atomic mass is 10.2. The van der Waals surface area contributed by atoms with Gasteiger partial charge in [0.2, 0.25) is 0 Å². The Morgan fingerprint density at radius 3 is 2.90 bits per heavy atom. The van der Waals surface area contributed by atoms with Crippen LogP contribution in [-0.2, 0) is 17.8 Å². The van der Waals surface area contributed by atoms with Gasteiger partial charge in [-0.2, -0.15) is 0 Å². The highest BCUT2D eigenvalue weighted by atomic mass is 16.5. The molecule has 5 heteroatoms. The minimum Gasteiger partial charge on any atom is -0.495 e. The first kappa shape index (κ1) is 13.9. The number of fused-ring (bicyclic) bond motifs is 2. The van der Waals surface area contributed by atoms with Crippen LogP contribution in [0.5, 0.6) is 11.5 Å². The number of pyridine rings is 1.